The van der Waals surface area contributed by atoms with E-state index in [-0.39, 0.29) is 5.56 Å². The molecule has 0 saturated heterocycles. The normalized spacial score (nSPS) is 12.1. The van der Waals surface area contributed by atoms with Gasteiger partial charge in [-0.25, -0.2) is 4.98 Å². The molecule has 3 heterocycles. The van der Waals surface area contributed by atoms with E-state index in [0.29, 0.717) is 11.2 Å². The highest BCUT2D eigenvalue weighted by molar-refractivity contribution is 6.26. The molecule has 0 fully saturated rings. The lowest BCUT2D eigenvalue weighted by Crippen LogP contribution is -2.14. The van der Waals surface area contributed by atoms with Crippen LogP contribution in [0.5, 0.6) is 0 Å². The van der Waals surface area contributed by atoms with Crippen molar-refractivity contribution in [3.8, 4) is 44.8 Å². The maximum absolute atomic E-state index is 14.3. The van der Waals surface area contributed by atoms with Crippen LogP contribution in [0.3, 0.4) is 0 Å². The maximum atomic E-state index is 14.3. The van der Waals surface area contributed by atoms with Crippen LogP contribution in [0.15, 0.2) is 203 Å². The van der Waals surface area contributed by atoms with Gasteiger partial charge in [-0.1, -0.05) is 152 Å². The Labute approximate surface area is 343 Å². The fourth-order valence-electron chi connectivity index (χ4n) is 9.85. The molecular formula is C56H32N2O2. The Morgan fingerprint density at radius 2 is 0.917 bits per heavy atom. The number of rotatable bonds is 4. The number of pyridine rings is 1. The summed E-state index contributed by atoms with van der Waals surface area (Å²) in [6.07, 6.45) is 0. The van der Waals surface area contributed by atoms with Gasteiger partial charge in [0.2, 0.25) is 0 Å². The minimum Gasteiger partial charge on any atom is -0.456 e. The van der Waals surface area contributed by atoms with Gasteiger partial charge >= 0.3 is 0 Å². The summed E-state index contributed by atoms with van der Waals surface area (Å²) >= 11 is 0. The average Bonchev–Trinajstić information content (AvgIpc) is 3.90. The minimum atomic E-state index is -0.0685. The van der Waals surface area contributed by atoms with Crippen molar-refractivity contribution >= 4 is 81.4 Å². The summed E-state index contributed by atoms with van der Waals surface area (Å²) in [7, 11) is 0. The largest absolute Gasteiger partial charge is 0.456 e. The van der Waals surface area contributed by atoms with E-state index >= 15 is 0 Å². The Hall–Kier alpha value is -8.08. The van der Waals surface area contributed by atoms with Gasteiger partial charge in [0, 0.05) is 27.1 Å². The van der Waals surface area contributed by atoms with Crippen LogP contribution in [0.1, 0.15) is 0 Å². The van der Waals surface area contributed by atoms with Gasteiger partial charge in [0.25, 0.3) is 5.56 Å². The van der Waals surface area contributed by atoms with Crippen LogP contribution in [-0.2, 0) is 0 Å². The highest BCUT2D eigenvalue weighted by Gasteiger charge is 2.23. The topological polar surface area (TPSA) is 47.5 Å². The molecule has 60 heavy (non-hydrogen) atoms. The molecular weight excluding hydrogens is 733 g/mol. The van der Waals surface area contributed by atoms with E-state index in [1.54, 1.807) is 0 Å². The predicted octanol–water partition coefficient (Wildman–Crippen LogP) is 14.5. The zero-order valence-electron chi connectivity index (χ0n) is 32.2. The monoisotopic (exact) mass is 764 g/mol. The molecule has 10 aromatic carbocycles. The Balaban J connectivity index is 0.997. The van der Waals surface area contributed by atoms with Crippen molar-refractivity contribution in [3.05, 3.63) is 204 Å². The van der Waals surface area contributed by atoms with Crippen molar-refractivity contribution in [2.24, 2.45) is 0 Å². The molecule has 0 saturated carbocycles. The highest BCUT2D eigenvalue weighted by Crippen LogP contribution is 2.44. The van der Waals surface area contributed by atoms with E-state index in [0.717, 1.165) is 77.1 Å². The van der Waals surface area contributed by atoms with Crippen LogP contribution in [0.2, 0.25) is 0 Å². The predicted molar refractivity (Wildman–Crippen MR) is 249 cm³/mol. The van der Waals surface area contributed by atoms with Crippen molar-refractivity contribution in [1.29, 1.82) is 0 Å². The lowest BCUT2D eigenvalue weighted by molar-refractivity contribution is 0.669. The summed E-state index contributed by atoms with van der Waals surface area (Å²) in [6, 6.07) is 68.1. The third-order valence-corrected chi connectivity index (χ3v) is 12.5. The van der Waals surface area contributed by atoms with Crippen LogP contribution in [0, 0.1) is 0 Å². The summed E-state index contributed by atoms with van der Waals surface area (Å²) in [5.41, 5.74) is 10.7. The molecule has 0 radical (unpaired) electrons. The molecule has 0 aliphatic heterocycles. The first kappa shape index (κ1) is 32.9. The SMILES string of the molecule is O=c1c2ccccc2c2c(-c3cccc4oc5ccc(-c6cccc(-c7ccc8c9ccccc9c9ccccc9c8c7)c6)cc5c34)ccc3nc(-c4ccccc4)n1c32. The maximum Gasteiger partial charge on any atom is 0.264 e. The Kier molecular flexibility index (Phi) is 6.84. The standard InChI is InChI=1S/C56H32N2O2/c59-56-46-21-9-8-20-44(46)53-45(27-28-49-54(53)58(56)55(57-49)33-12-2-1-3-13-33)43-22-11-23-51-52(43)48-32-37(25-29-50(48)60-51)35-15-10-14-34(30-35)36-24-26-42-40-18-5-4-16-38(40)39-17-6-7-19-41(39)47(42)31-36/h1-32H. The number of hydrogen-bond acceptors (Lipinski definition) is 3. The first-order valence-corrected chi connectivity index (χ1v) is 20.3. The summed E-state index contributed by atoms with van der Waals surface area (Å²) < 4.78 is 8.39. The molecule has 13 aromatic rings. The van der Waals surface area contributed by atoms with Crippen LogP contribution >= 0.6 is 0 Å². The summed E-state index contributed by atoms with van der Waals surface area (Å²) in [6.45, 7) is 0. The second-order valence-electron chi connectivity index (χ2n) is 15.8. The number of furan rings is 1. The Morgan fingerprint density at radius 3 is 1.65 bits per heavy atom. The van der Waals surface area contributed by atoms with Crippen molar-refractivity contribution in [2.45, 2.75) is 0 Å². The molecule has 0 atom stereocenters. The summed E-state index contributed by atoms with van der Waals surface area (Å²) in [5, 5.41) is 12.3. The number of hydrogen-bond donors (Lipinski definition) is 0. The van der Waals surface area contributed by atoms with E-state index in [9.17, 15) is 4.79 Å². The van der Waals surface area contributed by atoms with E-state index in [1.807, 2.05) is 59.0 Å². The van der Waals surface area contributed by atoms with Gasteiger partial charge in [0.1, 0.15) is 17.0 Å². The molecule has 0 aliphatic rings. The second kappa shape index (κ2) is 12.5. The number of fused-ring (bicyclic) bond motifs is 11. The smallest absolute Gasteiger partial charge is 0.264 e. The first-order valence-electron chi connectivity index (χ1n) is 20.3. The van der Waals surface area contributed by atoms with Crippen molar-refractivity contribution in [3.63, 3.8) is 0 Å². The molecule has 0 N–H and O–H groups in total. The van der Waals surface area contributed by atoms with Crippen molar-refractivity contribution < 1.29 is 4.42 Å². The van der Waals surface area contributed by atoms with Crippen molar-refractivity contribution in [1.82, 2.24) is 9.38 Å². The van der Waals surface area contributed by atoms with E-state index in [2.05, 4.69) is 140 Å². The lowest BCUT2D eigenvalue weighted by atomic mass is 9.91. The van der Waals surface area contributed by atoms with Gasteiger partial charge in [-0.05, 0) is 114 Å². The molecule has 13 rings (SSSR count). The summed E-state index contributed by atoms with van der Waals surface area (Å²) in [4.78, 5) is 19.4. The van der Waals surface area contributed by atoms with Crippen molar-refractivity contribution in [2.75, 3.05) is 0 Å². The van der Waals surface area contributed by atoms with Gasteiger partial charge in [0.15, 0.2) is 0 Å². The number of imidazole rings is 1. The molecule has 0 unspecified atom stereocenters. The minimum absolute atomic E-state index is 0.0685. The summed E-state index contributed by atoms with van der Waals surface area (Å²) in [5.74, 6) is 0.646. The van der Waals surface area contributed by atoms with E-state index in [4.69, 9.17) is 9.40 Å². The molecule has 278 valence electrons. The van der Waals surface area contributed by atoms with Gasteiger partial charge in [-0.3, -0.25) is 9.20 Å². The molecule has 4 nitrogen and oxygen atoms in total. The van der Waals surface area contributed by atoms with Crippen LogP contribution in [0.4, 0.5) is 0 Å². The fraction of sp³-hybridized carbons (Fsp3) is 0. The highest BCUT2D eigenvalue weighted by atomic mass is 16.3. The van der Waals surface area contributed by atoms with Crippen LogP contribution in [0.25, 0.3) is 126 Å². The fourth-order valence-corrected chi connectivity index (χ4v) is 9.85. The van der Waals surface area contributed by atoms with Crippen LogP contribution < -0.4 is 5.56 Å². The Morgan fingerprint density at radius 1 is 0.367 bits per heavy atom. The quantitative estimate of drug-likeness (QED) is 0.168. The van der Waals surface area contributed by atoms with Gasteiger partial charge in [0.05, 0.1) is 11.0 Å². The molecule has 4 heteroatoms. The second-order valence-corrected chi connectivity index (χ2v) is 15.8. The lowest BCUT2D eigenvalue weighted by Gasteiger charge is -2.13. The molecule has 0 amide bonds. The number of nitrogens with zero attached hydrogens (tertiary/aromatic N) is 2. The van der Waals surface area contributed by atoms with Gasteiger partial charge in [-0.15, -0.1) is 0 Å². The molecule has 3 aromatic heterocycles. The van der Waals surface area contributed by atoms with Gasteiger partial charge in [-0.2, -0.15) is 0 Å². The third-order valence-electron chi connectivity index (χ3n) is 12.5. The molecule has 0 spiro atoms. The average molecular weight is 765 g/mol. The number of aromatic nitrogens is 2. The zero-order valence-corrected chi connectivity index (χ0v) is 32.2. The zero-order chi connectivity index (χ0) is 39.5. The molecule has 0 aliphatic carbocycles. The molecule has 0 bridgehead atoms. The van der Waals surface area contributed by atoms with Crippen LogP contribution in [-0.4, -0.2) is 9.38 Å². The van der Waals surface area contributed by atoms with Gasteiger partial charge < -0.3 is 4.42 Å². The number of benzene rings is 10. The third kappa shape index (κ3) is 4.67. The van der Waals surface area contributed by atoms with E-state index in [1.165, 1.54) is 37.9 Å². The van der Waals surface area contributed by atoms with E-state index < -0.39 is 0 Å². The first-order chi connectivity index (χ1) is 29.7. The Bertz CT molecular complexity index is 3940.